The van der Waals surface area contributed by atoms with Crippen LogP contribution in [0.15, 0.2) is 42.5 Å². The van der Waals surface area contributed by atoms with Gasteiger partial charge in [0.05, 0.1) is 5.02 Å². The lowest BCUT2D eigenvalue weighted by atomic mass is 10.2. The van der Waals surface area contributed by atoms with E-state index in [-0.39, 0.29) is 23.8 Å². The molecule has 6 heteroatoms. The molecule has 0 amide bonds. The minimum absolute atomic E-state index is 0.0123. The minimum atomic E-state index is -0.605. The summed E-state index contributed by atoms with van der Waals surface area (Å²) in [7, 11) is 0. The maximum Gasteiger partial charge on any atom is 0.344 e. The molecule has 2 aromatic carbocycles. The van der Waals surface area contributed by atoms with Crippen molar-refractivity contribution >= 4 is 23.3 Å². The van der Waals surface area contributed by atoms with E-state index in [1.54, 1.807) is 30.3 Å². The van der Waals surface area contributed by atoms with Crippen molar-refractivity contribution in [2.75, 3.05) is 12.3 Å². The molecule has 0 aliphatic rings. The Bertz CT molecular complexity index is 631. The molecule has 0 fully saturated rings. The summed E-state index contributed by atoms with van der Waals surface area (Å²) in [6.45, 7) is -0.470. The van der Waals surface area contributed by atoms with Crippen LogP contribution in [0.25, 0.3) is 0 Å². The third kappa shape index (κ3) is 4.36. The predicted molar refractivity (Wildman–Crippen MR) is 77.6 cm³/mol. The van der Waals surface area contributed by atoms with E-state index in [0.29, 0.717) is 11.4 Å². The molecule has 0 saturated carbocycles. The molecule has 0 spiro atoms. The quantitative estimate of drug-likeness (QED) is 0.680. The van der Waals surface area contributed by atoms with E-state index in [4.69, 9.17) is 26.8 Å². The minimum Gasteiger partial charge on any atom is -0.482 e. The van der Waals surface area contributed by atoms with Crippen LogP contribution in [-0.2, 0) is 16.1 Å². The second-order valence-corrected chi connectivity index (χ2v) is 4.64. The fourth-order valence-electron chi connectivity index (χ4n) is 1.57. The Hall–Kier alpha value is -2.27. The third-order valence-corrected chi connectivity index (χ3v) is 2.95. The molecular formula is C15H13ClFNO3. The number of hydrogen-bond donors (Lipinski definition) is 1. The molecule has 2 N–H and O–H groups in total. The number of nitrogens with two attached hydrogens (primary N) is 1. The SMILES string of the molecule is Nc1ccc(OCC(=O)OCc2cccc(Cl)c2F)cc1. The van der Waals surface area contributed by atoms with Crippen molar-refractivity contribution in [1.29, 1.82) is 0 Å². The average molecular weight is 310 g/mol. The average Bonchev–Trinajstić information content (AvgIpc) is 2.48. The van der Waals surface area contributed by atoms with Crippen LogP contribution < -0.4 is 10.5 Å². The van der Waals surface area contributed by atoms with Crippen LogP contribution in [0, 0.1) is 5.82 Å². The summed E-state index contributed by atoms with van der Waals surface area (Å²) in [4.78, 5) is 11.5. The van der Waals surface area contributed by atoms with E-state index < -0.39 is 11.8 Å². The zero-order valence-electron chi connectivity index (χ0n) is 11.0. The maximum atomic E-state index is 13.6. The molecular weight excluding hydrogens is 297 g/mol. The van der Waals surface area contributed by atoms with Gasteiger partial charge in [-0.15, -0.1) is 0 Å². The van der Waals surface area contributed by atoms with Crippen LogP contribution in [0.5, 0.6) is 5.75 Å². The van der Waals surface area contributed by atoms with Crippen LogP contribution in [0.3, 0.4) is 0 Å². The number of rotatable bonds is 5. The number of ether oxygens (including phenoxy) is 2. The first-order valence-electron chi connectivity index (χ1n) is 6.13. The smallest absolute Gasteiger partial charge is 0.344 e. The van der Waals surface area contributed by atoms with Crippen molar-refractivity contribution in [3.63, 3.8) is 0 Å². The largest absolute Gasteiger partial charge is 0.482 e. The molecule has 21 heavy (non-hydrogen) atoms. The number of hydrogen-bond acceptors (Lipinski definition) is 4. The molecule has 0 bridgehead atoms. The van der Waals surface area contributed by atoms with Gasteiger partial charge < -0.3 is 15.2 Å². The molecule has 2 rings (SSSR count). The van der Waals surface area contributed by atoms with Gasteiger partial charge in [-0.1, -0.05) is 23.7 Å². The first-order valence-corrected chi connectivity index (χ1v) is 6.51. The molecule has 0 atom stereocenters. The van der Waals surface area contributed by atoms with Gasteiger partial charge in [-0.25, -0.2) is 9.18 Å². The Morgan fingerprint density at radius 2 is 1.90 bits per heavy atom. The zero-order chi connectivity index (χ0) is 15.2. The number of carbonyl (C=O) groups excluding carboxylic acids is 1. The highest BCUT2D eigenvalue weighted by Crippen LogP contribution is 2.18. The van der Waals surface area contributed by atoms with Crippen LogP contribution in [0.2, 0.25) is 5.02 Å². The summed E-state index contributed by atoms with van der Waals surface area (Å²) in [5, 5.41) is -0.0123. The maximum absolute atomic E-state index is 13.6. The highest BCUT2D eigenvalue weighted by molar-refractivity contribution is 6.30. The Morgan fingerprint density at radius 1 is 1.19 bits per heavy atom. The first kappa shape index (κ1) is 15.1. The highest BCUT2D eigenvalue weighted by atomic mass is 35.5. The molecule has 0 aromatic heterocycles. The molecule has 0 aliphatic heterocycles. The number of benzene rings is 2. The summed E-state index contributed by atoms with van der Waals surface area (Å²) < 4.78 is 23.7. The number of nitrogen functional groups attached to an aromatic ring is 1. The molecule has 110 valence electrons. The van der Waals surface area contributed by atoms with Crippen LogP contribution in [0.1, 0.15) is 5.56 Å². The van der Waals surface area contributed by atoms with Gasteiger partial charge >= 0.3 is 5.97 Å². The summed E-state index contributed by atoms with van der Waals surface area (Å²) in [6.07, 6.45) is 0. The number of halogens is 2. The Balaban J connectivity index is 1.82. The Labute approximate surface area is 126 Å². The second kappa shape index (κ2) is 6.95. The number of carbonyl (C=O) groups is 1. The van der Waals surface area contributed by atoms with Crippen LogP contribution in [0.4, 0.5) is 10.1 Å². The normalized spacial score (nSPS) is 10.2. The summed E-state index contributed by atoms with van der Waals surface area (Å²) in [6, 6.07) is 11.1. The molecule has 4 nitrogen and oxygen atoms in total. The molecule has 0 heterocycles. The van der Waals surface area contributed by atoms with Gasteiger partial charge in [0.2, 0.25) is 0 Å². The number of esters is 1. The topological polar surface area (TPSA) is 61.5 Å². The first-order chi connectivity index (χ1) is 10.1. The van der Waals surface area contributed by atoms with Crippen LogP contribution >= 0.6 is 11.6 Å². The Kier molecular flexibility index (Phi) is 5.00. The van der Waals surface area contributed by atoms with Crippen molar-refractivity contribution in [3.8, 4) is 5.75 Å². The van der Waals surface area contributed by atoms with Gasteiger partial charge in [0.15, 0.2) is 6.61 Å². The molecule has 0 saturated heterocycles. The van der Waals surface area contributed by atoms with E-state index in [1.165, 1.54) is 12.1 Å². The van der Waals surface area contributed by atoms with Crippen LogP contribution in [-0.4, -0.2) is 12.6 Å². The number of anilines is 1. The molecule has 0 aliphatic carbocycles. The van der Waals surface area contributed by atoms with E-state index in [2.05, 4.69) is 0 Å². The monoisotopic (exact) mass is 309 g/mol. The molecule has 0 unspecified atom stereocenters. The van der Waals surface area contributed by atoms with E-state index in [0.717, 1.165) is 0 Å². The summed E-state index contributed by atoms with van der Waals surface area (Å²) in [5.74, 6) is -0.701. The van der Waals surface area contributed by atoms with E-state index >= 15 is 0 Å². The zero-order valence-corrected chi connectivity index (χ0v) is 11.8. The second-order valence-electron chi connectivity index (χ2n) is 4.23. The lowest BCUT2D eigenvalue weighted by Crippen LogP contribution is -2.15. The van der Waals surface area contributed by atoms with Crippen molar-refractivity contribution in [2.45, 2.75) is 6.61 Å². The Morgan fingerprint density at radius 3 is 2.62 bits per heavy atom. The fraction of sp³-hybridized carbons (Fsp3) is 0.133. The predicted octanol–water partition coefficient (Wildman–Crippen LogP) is 3.18. The lowest BCUT2D eigenvalue weighted by molar-refractivity contribution is -0.147. The summed E-state index contributed by atoms with van der Waals surface area (Å²) >= 11 is 5.63. The van der Waals surface area contributed by atoms with E-state index in [1.807, 2.05) is 0 Å². The van der Waals surface area contributed by atoms with Crippen molar-refractivity contribution in [1.82, 2.24) is 0 Å². The van der Waals surface area contributed by atoms with Gasteiger partial charge in [0, 0.05) is 11.3 Å². The summed E-state index contributed by atoms with van der Waals surface area (Å²) in [5.41, 5.74) is 6.34. The van der Waals surface area contributed by atoms with Gasteiger partial charge in [0.1, 0.15) is 18.2 Å². The van der Waals surface area contributed by atoms with Crippen molar-refractivity contribution in [2.24, 2.45) is 0 Å². The standard InChI is InChI=1S/C15H13ClFNO3/c16-13-3-1-2-10(15(13)17)8-21-14(19)9-20-12-6-4-11(18)5-7-12/h1-7H,8-9,18H2. The fourth-order valence-corrected chi connectivity index (χ4v) is 1.76. The van der Waals surface area contributed by atoms with Crippen molar-refractivity contribution in [3.05, 3.63) is 58.9 Å². The van der Waals surface area contributed by atoms with Crippen molar-refractivity contribution < 1.29 is 18.7 Å². The van der Waals surface area contributed by atoms with E-state index in [9.17, 15) is 9.18 Å². The van der Waals surface area contributed by atoms with Gasteiger partial charge in [0.25, 0.3) is 0 Å². The molecule has 0 radical (unpaired) electrons. The third-order valence-electron chi connectivity index (χ3n) is 2.66. The lowest BCUT2D eigenvalue weighted by Gasteiger charge is -2.08. The van der Waals surface area contributed by atoms with Gasteiger partial charge in [-0.2, -0.15) is 0 Å². The highest BCUT2D eigenvalue weighted by Gasteiger charge is 2.10. The van der Waals surface area contributed by atoms with Gasteiger partial charge in [-0.05, 0) is 30.3 Å². The molecule has 2 aromatic rings. The van der Waals surface area contributed by atoms with Gasteiger partial charge in [-0.3, -0.25) is 0 Å².